The van der Waals surface area contributed by atoms with Gasteiger partial charge in [0.15, 0.2) is 0 Å². The SMILES string of the molecule is CN1CC2CCC3C2[C@H]31. The van der Waals surface area contributed by atoms with Crippen LogP contribution in [0.3, 0.4) is 0 Å². The van der Waals surface area contributed by atoms with Crippen LogP contribution < -0.4 is 0 Å². The minimum Gasteiger partial charge on any atom is -0.303 e. The van der Waals surface area contributed by atoms with Crippen LogP contribution in [0.4, 0.5) is 0 Å². The highest BCUT2D eigenvalue weighted by Crippen LogP contribution is 2.62. The van der Waals surface area contributed by atoms with Gasteiger partial charge in [0, 0.05) is 12.6 Å². The molecule has 9 heavy (non-hydrogen) atoms. The molecule has 0 aromatic heterocycles. The predicted octanol–water partition coefficient (Wildman–Crippen LogP) is 0.956. The molecule has 0 N–H and O–H groups in total. The molecule has 0 amide bonds. The summed E-state index contributed by atoms with van der Waals surface area (Å²) in [7, 11) is 2.29. The minimum absolute atomic E-state index is 1.05. The summed E-state index contributed by atoms with van der Waals surface area (Å²) < 4.78 is 0. The normalized spacial score (nSPS) is 62.3. The van der Waals surface area contributed by atoms with E-state index in [-0.39, 0.29) is 0 Å². The molecule has 0 aromatic rings. The highest BCUT2D eigenvalue weighted by molar-refractivity contribution is 5.15. The number of rotatable bonds is 0. The topological polar surface area (TPSA) is 3.24 Å². The van der Waals surface area contributed by atoms with E-state index in [4.69, 9.17) is 0 Å². The quantitative estimate of drug-likeness (QED) is 0.463. The maximum atomic E-state index is 2.58. The lowest BCUT2D eigenvalue weighted by Crippen LogP contribution is -2.19. The van der Waals surface area contributed by atoms with Crippen molar-refractivity contribution in [3.05, 3.63) is 0 Å². The molecule has 0 spiro atoms. The molecule has 1 heteroatoms. The summed E-state index contributed by atoms with van der Waals surface area (Å²) in [4.78, 5) is 2.58. The Bertz CT molecular complexity index is 145. The molecule has 0 bridgehead atoms. The second kappa shape index (κ2) is 1.20. The molecule has 3 rings (SSSR count). The van der Waals surface area contributed by atoms with E-state index in [1.807, 2.05) is 0 Å². The Balaban J connectivity index is 1.97. The molecule has 3 fully saturated rings. The van der Waals surface area contributed by atoms with E-state index in [2.05, 4.69) is 11.9 Å². The first kappa shape index (κ1) is 4.73. The Morgan fingerprint density at radius 2 is 2.22 bits per heavy atom. The van der Waals surface area contributed by atoms with Crippen molar-refractivity contribution in [3.8, 4) is 0 Å². The lowest BCUT2D eigenvalue weighted by Gasteiger charge is -2.10. The first-order valence-corrected chi connectivity index (χ1v) is 4.08. The number of hydrogen-bond acceptors (Lipinski definition) is 1. The van der Waals surface area contributed by atoms with Crippen LogP contribution in [0.15, 0.2) is 0 Å². The van der Waals surface area contributed by atoms with Gasteiger partial charge in [0.25, 0.3) is 0 Å². The Hall–Kier alpha value is -0.0400. The second-order valence-electron chi connectivity index (χ2n) is 4.01. The summed E-state index contributed by atoms with van der Waals surface area (Å²) in [6.07, 6.45) is 3.08. The van der Waals surface area contributed by atoms with Crippen LogP contribution in [0.25, 0.3) is 0 Å². The maximum absolute atomic E-state index is 2.58. The molecule has 2 saturated carbocycles. The highest BCUT2D eigenvalue weighted by Gasteiger charge is 2.63. The molecule has 4 atom stereocenters. The molecule has 1 aliphatic heterocycles. The van der Waals surface area contributed by atoms with Gasteiger partial charge in [-0.3, -0.25) is 0 Å². The van der Waals surface area contributed by atoms with E-state index in [0.717, 1.165) is 23.8 Å². The molecule has 2 aliphatic carbocycles. The van der Waals surface area contributed by atoms with Crippen molar-refractivity contribution in [2.45, 2.75) is 18.9 Å². The summed E-state index contributed by atoms with van der Waals surface area (Å²) >= 11 is 0. The predicted molar refractivity (Wildman–Crippen MR) is 36.1 cm³/mol. The molecule has 3 unspecified atom stereocenters. The van der Waals surface area contributed by atoms with Gasteiger partial charge in [0.2, 0.25) is 0 Å². The largest absolute Gasteiger partial charge is 0.303 e. The van der Waals surface area contributed by atoms with Gasteiger partial charge in [-0.2, -0.15) is 0 Å². The van der Waals surface area contributed by atoms with E-state index in [1.165, 1.54) is 13.0 Å². The molecule has 3 aliphatic rings. The lowest BCUT2D eigenvalue weighted by molar-refractivity contribution is 0.336. The van der Waals surface area contributed by atoms with Gasteiger partial charge in [0.05, 0.1) is 0 Å². The highest BCUT2D eigenvalue weighted by atomic mass is 15.2. The average molecular weight is 123 g/mol. The van der Waals surface area contributed by atoms with Crippen molar-refractivity contribution in [2.75, 3.05) is 13.6 Å². The van der Waals surface area contributed by atoms with E-state index >= 15 is 0 Å². The van der Waals surface area contributed by atoms with Crippen LogP contribution in [0.5, 0.6) is 0 Å². The third kappa shape index (κ3) is 0.389. The monoisotopic (exact) mass is 123 g/mol. The van der Waals surface area contributed by atoms with E-state index in [1.54, 1.807) is 6.42 Å². The van der Waals surface area contributed by atoms with Crippen molar-refractivity contribution in [2.24, 2.45) is 17.8 Å². The van der Waals surface area contributed by atoms with Crippen LogP contribution in [0.2, 0.25) is 0 Å². The maximum Gasteiger partial charge on any atom is 0.0158 e. The lowest BCUT2D eigenvalue weighted by atomic mass is 10.1. The van der Waals surface area contributed by atoms with Crippen molar-refractivity contribution < 1.29 is 0 Å². The first-order chi connectivity index (χ1) is 4.38. The Kier molecular flexibility index (Phi) is 0.628. The van der Waals surface area contributed by atoms with Crippen LogP contribution >= 0.6 is 0 Å². The molecular weight excluding hydrogens is 110 g/mol. The zero-order chi connectivity index (χ0) is 6.01. The summed E-state index contributed by atoms with van der Waals surface area (Å²) in [5, 5.41) is 0. The standard InChI is InChI=1S/C8H13N/c1-9-4-5-2-3-6-7(5)8(6)9/h5-8H,2-4H2,1H3/t5?,6?,7?,8-/m0/s1. The van der Waals surface area contributed by atoms with Gasteiger partial charge in [0.1, 0.15) is 0 Å². The van der Waals surface area contributed by atoms with Gasteiger partial charge >= 0.3 is 0 Å². The van der Waals surface area contributed by atoms with Crippen molar-refractivity contribution in [3.63, 3.8) is 0 Å². The first-order valence-electron chi connectivity index (χ1n) is 4.08. The zero-order valence-corrected chi connectivity index (χ0v) is 5.88. The van der Waals surface area contributed by atoms with E-state index in [9.17, 15) is 0 Å². The summed E-state index contributed by atoms with van der Waals surface area (Å²) in [5.74, 6) is 3.42. The van der Waals surface area contributed by atoms with Crippen molar-refractivity contribution in [1.29, 1.82) is 0 Å². The van der Waals surface area contributed by atoms with Gasteiger partial charge in [-0.1, -0.05) is 0 Å². The fourth-order valence-electron chi connectivity index (χ4n) is 3.30. The number of nitrogens with zero attached hydrogens (tertiary/aromatic N) is 1. The minimum atomic E-state index is 1.05. The fraction of sp³-hybridized carbons (Fsp3) is 1.00. The van der Waals surface area contributed by atoms with Gasteiger partial charge in [-0.25, -0.2) is 0 Å². The number of hydrogen-bond donors (Lipinski definition) is 0. The number of likely N-dealkylation sites (tertiary alicyclic amines) is 1. The third-order valence-corrected chi connectivity index (χ3v) is 3.63. The fourth-order valence-corrected chi connectivity index (χ4v) is 3.30. The van der Waals surface area contributed by atoms with Gasteiger partial charge in [-0.15, -0.1) is 0 Å². The molecular formula is C8H13N. The van der Waals surface area contributed by atoms with Crippen LogP contribution in [-0.2, 0) is 0 Å². The summed E-state index contributed by atoms with van der Waals surface area (Å²) in [6, 6.07) is 1.05. The van der Waals surface area contributed by atoms with Crippen LogP contribution in [-0.4, -0.2) is 24.5 Å². The Morgan fingerprint density at radius 1 is 1.33 bits per heavy atom. The van der Waals surface area contributed by atoms with Gasteiger partial charge < -0.3 is 4.90 Å². The molecule has 0 aromatic carbocycles. The summed E-state index contributed by atoms with van der Waals surface area (Å²) in [6.45, 7) is 1.41. The molecule has 1 saturated heterocycles. The Labute approximate surface area is 56.0 Å². The number of fused-ring (bicyclic) bond motifs is 1. The summed E-state index contributed by atoms with van der Waals surface area (Å²) in [5.41, 5.74) is 0. The third-order valence-electron chi connectivity index (χ3n) is 3.63. The molecule has 1 heterocycles. The zero-order valence-electron chi connectivity index (χ0n) is 5.88. The van der Waals surface area contributed by atoms with Crippen molar-refractivity contribution in [1.82, 2.24) is 4.90 Å². The molecule has 50 valence electrons. The molecule has 0 radical (unpaired) electrons. The van der Waals surface area contributed by atoms with Crippen molar-refractivity contribution >= 4 is 0 Å². The van der Waals surface area contributed by atoms with Gasteiger partial charge in [-0.05, 0) is 37.6 Å². The van der Waals surface area contributed by atoms with E-state index in [0.29, 0.717) is 0 Å². The number of piperidine rings is 1. The average Bonchev–Trinajstić information content (AvgIpc) is 2.34. The Morgan fingerprint density at radius 3 is 2.78 bits per heavy atom. The van der Waals surface area contributed by atoms with E-state index < -0.39 is 0 Å². The second-order valence-corrected chi connectivity index (χ2v) is 4.01. The van der Waals surface area contributed by atoms with Crippen LogP contribution in [0.1, 0.15) is 12.8 Å². The smallest absolute Gasteiger partial charge is 0.0158 e. The van der Waals surface area contributed by atoms with Crippen LogP contribution in [0, 0.1) is 17.8 Å². The molecule has 1 nitrogen and oxygen atoms in total.